The van der Waals surface area contributed by atoms with E-state index >= 15 is 0 Å². The maximum Gasteiger partial charge on any atom is 0.210 e. The van der Waals surface area contributed by atoms with E-state index in [9.17, 15) is 0 Å². The Kier molecular flexibility index (Phi) is 7.84. The van der Waals surface area contributed by atoms with Crippen LogP contribution >= 0.6 is 0 Å². The van der Waals surface area contributed by atoms with Crippen molar-refractivity contribution in [2.45, 2.75) is 37.8 Å². The fourth-order valence-corrected chi connectivity index (χ4v) is 11.5. The van der Waals surface area contributed by atoms with Gasteiger partial charge in [0, 0.05) is 34.0 Å². The van der Waals surface area contributed by atoms with Crippen molar-refractivity contribution in [2.75, 3.05) is 0 Å². The first kappa shape index (κ1) is 34.8. The van der Waals surface area contributed by atoms with E-state index in [0.717, 1.165) is 43.0 Å². The number of allylic oxidation sites excluding steroid dienone is 7. The van der Waals surface area contributed by atoms with Crippen LogP contribution in [0.3, 0.4) is 0 Å². The molecule has 0 radical (unpaired) electrons. The lowest BCUT2D eigenvalue weighted by molar-refractivity contribution is 0.408. The smallest absolute Gasteiger partial charge is 0.210 e. The molecule has 13 rings (SSSR count). The summed E-state index contributed by atoms with van der Waals surface area (Å²) in [7, 11) is 0. The normalized spacial score (nSPS) is 22.6. The Morgan fingerprint density at radius 2 is 1.36 bits per heavy atom. The van der Waals surface area contributed by atoms with Crippen LogP contribution in [0.5, 0.6) is 0 Å². The molecule has 0 saturated heterocycles. The first-order valence-electron chi connectivity index (χ1n) is 22.0. The standard InChI is InChI=1S/C57H44N4/c1-2-18-39-34-52-50(32-38(39)17-1)54-45(49-33-40-19-6-10-25-44(40)53-43-24-9-5-16-37(43)30-31-46(49)53)26-13-29-51(54)61(52)57-59-55(47-27-11-20-35-14-3-7-22-41(35)47)58-56(60-57)48-28-12-21-36-15-4-8-23-42(36)48/h1-12,14-20,22-28,30-32,34,36,42,48-49,55H,13,21,29,33H2,(H,58,59,60). The number of hydrogen-bond acceptors (Lipinski definition) is 3. The molecule has 0 spiro atoms. The zero-order valence-corrected chi connectivity index (χ0v) is 33.9. The van der Waals surface area contributed by atoms with Gasteiger partial charge in [-0.05, 0) is 110 Å². The highest BCUT2D eigenvalue weighted by Crippen LogP contribution is 2.52. The Morgan fingerprint density at radius 3 is 2.26 bits per heavy atom. The zero-order valence-electron chi connectivity index (χ0n) is 33.9. The summed E-state index contributed by atoms with van der Waals surface area (Å²) in [6, 6.07) is 51.7. The first-order chi connectivity index (χ1) is 30.2. The van der Waals surface area contributed by atoms with Crippen LogP contribution in [0.15, 0.2) is 192 Å². The third-order valence-corrected chi connectivity index (χ3v) is 14.2. The van der Waals surface area contributed by atoms with Crippen molar-refractivity contribution < 1.29 is 0 Å². The van der Waals surface area contributed by atoms with Gasteiger partial charge in [0.25, 0.3) is 0 Å². The second-order valence-corrected chi connectivity index (χ2v) is 17.5. The molecule has 0 saturated carbocycles. The third-order valence-electron chi connectivity index (χ3n) is 14.2. The van der Waals surface area contributed by atoms with Crippen molar-refractivity contribution in [2.24, 2.45) is 27.7 Å². The van der Waals surface area contributed by atoms with Gasteiger partial charge in [-0.15, -0.1) is 0 Å². The highest BCUT2D eigenvalue weighted by molar-refractivity contribution is 6.13. The number of amidine groups is 1. The highest BCUT2D eigenvalue weighted by Gasteiger charge is 2.38. The molecule has 292 valence electrons. The van der Waals surface area contributed by atoms with Gasteiger partial charge in [-0.2, -0.15) is 0 Å². The molecule has 0 fully saturated rings. The summed E-state index contributed by atoms with van der Waals surface area (Å²) in [6.45, 7) is 0. The molecule has 2 heterocycles. The molecule has 4 aliphatic carbocycles. The predicted octanol–water partition coefficient (Wildman–Crippen LogP) is 13.3. The molecule has 0 amide bonds. The molecule has 1 N–H and O–H groups in total. The Bertz CT molecular complexity index is 3330. The highest BCUT2D eigenvalue weighted by atomic mass is 15.3. The summed E-state index contributed by atoms with van der Waals surface area (Å²) in [4.78, 5) is 11.2. The second kappa shape index (κ2) is 13.8. The minimum atomic E-state index is -0.406. The molecule has 8 aromatic rings. The number of nitrogens with one attached hydrogen (secondary N) is 1. The quantitative estimate of drug-likeness (QED) is 0.178. The van der Waals surface area contributed by atoms with Gasteiger partial charge >= 0.3 is 0 Å². The van der Waals surface area contributed by atoms with E-state index in [2.05, 4.69) is 192 Å². The molecule has 4 nitrogen and oxygen atoms in total. The summed E-state index contributed by atoms with van der Waals surface area (Å²) in [5.74, 6) is 2.93. The van der Waals surface area contributed by atoms with Gasteiger partial charge in [-0.25, -0.2) is 9.98 Å². The van der Waals surface area contributed by atoms with E-state index < -0.39 is 6.17 Å². The molecule has 5 atom stereocenters. The van der Waals surface area contributed by atoms with Crippen molar-refractivity contribution in [3.8, 4) is 11.1 Å². The minimum absolute atomic E-state index is 0.102. The van der Waals surface area contributed by atoms with E-state index in [1.807, 2.05) is 0 Å². The fourth-order valence-electron chi connectivity index (χ4n) is 11.5. The average Bonchev–Trinajstić information content (AvgIpc) is 3.65. The molecule has 7 aromatic carbocycles. The Balaban J connectivity index is 1.04. The Hall–Kier alpha value is -7.04. The van der Waals surface area contributed by atoms with Crippen LogP contribution in [0.2, 0.25) is 0 Å². The molecule has 5 unspecified atom stereocenters. The largest absolute Gasteiger partial charge is 0.313 e. The van der Waals surface area contributed by atoms with E-state index in [4.69, 9.17) is 9.98 Å². The molecule has 5 aliphatic rings. The van der Waals surface area contributed by atoms with Crippen molar-refractivity contribution in [3.63, 3.8) is 0 Å². The molecular weight excluding hydrogens is 741 g/mol. The average molecular weight is 785 g/mol. The first-order valence-corrected chi connectivity index (χ1v) is 22.0. The fraction of sp³-hybridized carbons (Fsp3) is 0.158. The lowest BCUT2D eigenvalue weighted by Gasteiger charge is -2.36. The van der Waals surface area contributed by atoms with Crippen LogP contribution in [0.1, 0.15) is 52.9 Å². The Labute approximate surface area is 355 Å². The van der Waals surface area contributed by atoms with Crippen LogP contribution < -0.4 is 5.32 Å². The van der Waals surface area contributed by atoms with Crippen LogP contribution in [0.25, 0.3) is 59.9 Å². The van der Waals surface area contributed by atoms with E-state index in [1.54, 1.807) is 0 Å². The van der Waals surface area contributed by atoms with Crippen molar-refractivity contribution in [1.82, 2.24) is 9.88 Å². The summed E-state index contributed by atoms with van der Waals surface area (Å²) in [5, 5.41) is 12.8. The van der Waals surface area contributed by atoms with Gasteiger partial charge in [0.15, 0.2) is 6.17 Å². The number of rotatable bonds is 3. The molecule has 0 bridgehead atoms. The lowest BCUT2D eigenvalue weighted by atomic mass is 9.71. The molecule has 61 heavy (non-hydrogen) atoms. The van der Waals surface area contributed by atoms with Crippen molar-refractivity contribution in [1.29, 1.82) is 0 Å². The number of hydrogen-bond donors (Lipinski definition) is 1. The number of fused-ring (bicyclic) bond motifs is 11. The van der Waals surface area contributed by atoms with Gasteiger partial charge in [-0.1, -0.05) is 170 Å². The number of benzene rings is 7. The van der Waals surface area contributed by atoms with Gasteiger partial charge in [0.1, 0.15) is 5.84 Å². The van der Waals surface area contributed by atoms with E-state index in [0.29, 0.717) is 11.8 Å². The SMILES string of the molecule is C1=CC2CC=CC(C3=NC(c4cccc5ccccc45)N=C(n4c5c(c6cc7ccccc7cc64)C(C4Cc6ccccc6-c6c4ccc4ccccc64)=CCC5)N3)C2C=C1. The van der Waals surface area contributed by atoms with Crippen LogP contribution in [0.4, 0.5) is 0 Å². The van der Waals surface area contributed by atoms with Crippen LogP contribution in [0, 0.1) is 17.8 Å². The summed E-state index contributed by atoms with van der Waals surface area (Å²) < 4.78 is 2.50. The summed E-state index contributed by atoms with van der Waals surface area (Å²) in [6.07, 6.45) is 20.0. The summed E-state index contributed by atoms with van der Waals surface area (Å²) >= 11 is 0. The maximum absolute atomic E-state index is 5.67. The van der Waals surface area contributed by atoms with Gasteiger partial charge in [0.05, 0.1) is 5.52 Å². The van der Waals surface area contributed by atoms with Crippen LogP contribution in [-0.2, 0) is 12.8 Å². The van der Waals surface area contributed by atoms with Gasteiger partial charge < -0.3 is 5.32 Å². The van der Waals surface area contributed by atoms with Gasteiger partial charge in [-0.3, -0.25) is 4.57 Å². The second-order valence-electron chi connectivity index (χ2n) is 17.5. The van der Waals surface area contributed by atoms with E-state index in [1.165, 1.54) is 82.3 Å². The topological polar surface area (TPSA) is 41.7 Å². The predicted molar refractivity (Wildman–Crippen MR) is 254 cm³/mol. The van der Waals surface area contributed by atoms with Crippen LogP contribution in [-0.4, -0.2) is 16.4 Å². The van der Waals surface area contributed by atoms with Gasteiger partial charge in [0.2, 0.25) is 5.96 Å². The van der Waals surface area contributed by atoms with Crippen molar-refractivity contribution >= 4 is 60.6 Å². The lowest BCUT2D eigenvalue weighted by Crippen LogP contribution is -2.46. The monoisotopic (exact) mass is 784 g/mol. The number of aromatic nitrogens is 1. The van der Waals surface area contributed by atoms with Crippen molar-refractivity contribution in [3.05, 3.63) is 210 Å². The molecule has 4 heteroatoms. The minimum Gasteiger partial charge on any atom is -0.313 e. The number of aliphatic imine (C=N–C) groups is 2. The maximum atomic E-state index is 5.67. The molecular formula is C57H44N4. The summed E-state index contributed by atoms with van der Waals surface area (Å²) in [5.41, 5.74) is 12.0. The Morgan fingerprint density at radius 1 is 0.607 bits per heavy atom. The number of nitrogens with zero attached hydrogens (tertiary/aromatic N) is 3. The molecule has 1 aromatic heterocycles. The third kappa shape index (κ3) is 5.44. The molecule has 1 aliphatic heterocycles. The zero-order chi connectivity index (χ0) is 40.0. The van der Waals surface area contributed by atoms with E-state index in [-0.39, 0.29) is 11.8 Å².